The van der Waals surface area contributed by atoms with Gasteiger partial charge < -0.3 is 19.6 Å². The molecular weight excluding hydrogens is 328 g/mol. The van der Waals surface area contributed by atoms with E-state index in [1.54, 1.807) is 6.08 Å². The number of aromatic nitrogens is 3. The molecule has 3 aromatic rings. The summed E-state index contributed by atoms with van der Waals surface area (Å²) in [6.45, 7) is 8.73. The molecule has 2 aromatic heterocycles. The summed E-state index contributed by atoms with van der Waals surface area (Å²) in [6.07, 6.45) is 1.79. The second-order valence-corrected chi connectivity index (χ2v) is 6.11. The van der Waals surface area contributed by atoms with Gasteiger partial charge in [0.15, 0.2) is 11.8 Å². The summed E-state index contributed by atoms with van der Waals surface area (Å²) in [4.78, 5) is 4.61. The van der Waals surface area contributed by atoms with Crippen LogP contribution in [0.3, 0.4) is 0 Å². The first kappa shape index (κ1) is 17.7. The number of nitrogens with one attached hydrogen (secondary N) is 2. The Morgan fingerprint density at radius 3 is 2.88 bits per heavy atom. The fourth-order valence-electron chi connectivity index (χ4n) is 2.55. The van der Waals surface area contributed by atoms with Crippen molar-refractivity contribution in [3.05, 3.63) is 60.4 Å². The van der Waals surface area contributed by atoms with E-state index in [9.17, 15) is 0 Å². The fourth-order valence-corrected chi connectivity index (χ4v) is 2.55. The van der Waals surface area contributed by atoms with Gasteiger partial charge in [-0.2, -0.15) is 0 Å². The number of guanidine groups is 1. The molecule has 0 aliphatic rings. The number of hydrogen-bond acceptors (Lipinski definition) is 4. The monoisotopic (exact) mass is 352 g/mol. The third-order valence-electron chi connectivity index (χ3n) is 4.20. The summed E-state index contributed by atoms with van der Waals surface area (Å²) in [5, 5.41) is 15.9. The summed E-state index contributed by atoms with van der Waals surface area (Å²) in [5.74, 6) is 3.19. The number of aryl methyl sites for hydroxylation is 1. The van der Waals surface area contributed by atoms with Gasteiger partial charge in [-0.1, -0.05) is 24.3 Å². The molecular formula is C19H24N6O. The third-order valence-corrected chi connectivity index (χ3v) is 4.20. The summed E-state index contributed by atoms with van der Waals surface area (Å²) in [7, 11) is 1.93. The Kier molecular flexibility index (Phi) is 5.36. The van der Waals surface area contributed by atoms with Crippen molar-refractivity contribution in [2.45, 2.75) is 26.4 Å². The van der Waals surface area contributed by atoms with E-state index in [1.807, 2.05) is 55.8 Å². The lowest BCUT2D eigenvalue weighted by molar-refractivity contribution is 0.488. The largest absolute Gasteiger partial charge is 0.459 e. The Balaban J connectivity index is 1.75. The Morgan fingerprint density at radius 2 is 2.19 bits per heavy atom. The molecule has 0 aliphatic carbocycles. The van der Waals surface area contributed by atoms with Gasteiger partial charge in [-0.15, -0.1) is 16.8 Å². The quantitative estimate of drug-likeness (QED) is 0.405. The minimum atomic E-state index is -0.0419. The first-order chi connectivity index (χ1) is 12.6. The second kappa shape index (κ2) is 7.86. The van der Waals surface area contributed by atoms with E-state index in [-0.39, 0.29) is 6.04 Å². The smallest absolute Gasteiger partial charge is 0.192 e. The Labute approximate surface area is 152 Å². The van der Waals surface area contributed by atoms with Crippen LogP contribution in [0.25, 0.3) is 11.0 Å². The summed E-state index contributed by atoms with van der Waals surface area (Å²) >= 11 is 0. The Morgan fingerprint density at radius 1 is 1.38 bits per heavy atom. The minimum absolute atomic E-state index is 0.0419. The van der Waals surface area contributed by atoms with Gasteiger partial charge in [-0.25, -0.2) is 4.99 Å². The van der Waals surface area contributed by atoms with E-state index < -0.39 is 0 Å². The molecule has 3 rings (SSSR count). The third kappa shape index (κ3) is 3.93. The zero-order valence-electron chi connectivity index (χ0n) is 15.4. The van der Waals surface area contributed by atoms with Crippen LogP contribution in [0.4, 0.5) is 0 Å². The van der Waals surface area contributed by atoms with Crippen molar-refractivity contribution in [2.75, 3.05) is 6.54 Å². The van der Waals surface area contributed by atoms with E-state index in [1.165, 1.54) is 0 Å². The van der Waals surface area contributed by atoms with E-state index in [0.717, 1.165) is 28.4 Å². The minimum Gasteiger partial charge on any atom is -0.459 e. The van der Waals surface area contributed by atoms with Crippen LogP contribution in [0.5, 0.6) is 0 Å². The lowest BCUT2D eigenvalue weighted by Gasteiger charge is -2.16. The number of aliphatic imine (C=N–C) groups is 1. The first-order valence-electron chi connectivity index (χ1n) is 8.57. The molecule has 1 atom stereocenters. The van der Waals surface area contributed by atoms with Crippen molar-refractivity contribution in [1.82, 2.24) is 25.4 Å². The normalized spacial score (nSPS) is 13.0. The zero-order valence-corrected chi connectivity index (χ0v) is 15.4. The predicted octanol–water partition coefficient (Wildman–Crippen LogP) is 2.85. The van der Waals surface area contributed by atoms with Crippen molar-refractivity contribution >= 4 is 16.9 Å². The standard InChI is InChI=1S/C19H24N6O/c1-5-10-20-19(21-12-18-24-23-14(3)25(18)4)22-13(2)17-11-15-8-6-7-9-16(15)26-17/h5-9,11,13H,1,10,12H2,2-4H3,(H2,20,21,22). The molecule has 136 valence electrons. The number of benzene rings is 1. The molecule has 2 N–H and O–H groups in total. The van der Waals surface area contributed by atoms with E-state index in [0.29, 0.717) is 19.0 Å². The average Bonchev–Trinajstić information content (AvgIpc) is 3.22. The van der Waals surface area contributed by atoms with Crippen molar-refractivity contribution in [2.24, 2.45) is 12.0 Å². The molecule has 1 unspecified atom stereocenters. The highest BCUT2D eigenvalue weighted by Crippen LogP contribution is 2.23. The van der Waals surface area contributed by atoms with Crippen LogP contribution >= 0.6 is 0 Å². The second-order valence-electron chi connectivity index (χ2n) is 6.11. The van der Waals surface area contributed by atoms with Crippen molar-refractivity contribution in [1.29, 1.82) is 0 Å². The predicted molar refractivity (Wildman–Crippen MR) is 103 cm³/mol. The van der Waals surface area contributed by atoms with Crippen molar-refractivity contribution in [3.8, 4) is 0 Å². The Bertz CT molecular complexity index is 890. The van der Waals surface area contributed by atoms with E-state index >= 15 is 0 Å². The average molecular weight is 352 g/mol. The highest BCUT2D eigenvalue weighted by molar-refractivity contribution is 5.81. The maximum atomic E-state index is 5.93. The molecule has 7 heteroatoms. The lowest BCUT2D eigenvalue weighted by Crippen LogP contribution is -2.38. The van der Waals surface area contributed by atoms with Crippen LogP contribution in [0.2, 0.25) is 0 Å². The topological polar surface area (TPSA) is 80.3 Å². The summed E-state index contributed by atoms with van der Waals surface area (Å²) in [6, 6.07) is 9.98. The van der Waals surface area contributed by atoms with Crippen LogP contribution in [0.1, 0.15) is 30.4 Å². The molecule has 26 heavy (non-hydrogen) atoms. The first-order valence-corrected chi connectivity index (χ1v) is 8.57. The molecule has 0 spiro atoms. The van der Waals surface area contributed by atoms with Crippen LogP contribution in [0, 0.1) is 6.92 Å². The summed E-state index contributed by atoms with van der Waals surface area (Å²) in [5.41, 5.74) is 0.878. The number of para-hydroxylation sites is 1. The Hall–Kier alpha value is -3.09. The van der Waals surface area contributed by atoms with Crippen molar-refractivity contribution in [3.63, 3.8) is 0 Å². The van der Waals surface area contributed by atoms with Crippen LogP contribution in [0.15, 0.2) is 52.4 Å². The highest BCUT2D eigenvalue weighted by Gasteiger charge is 2.13. The molecule has 0 bridgehead atoms. The fraction of sp³-hybridized carbons (Fsp3) is 0.316. The van der Waals surface area contributed by atoms with Gasteiger partial charge >= 0.3 is 0 Å². The van der Waals surface area contributed by atoms with Gasteiger partial charge in [0.2, 0.25) is 0 Å². The zero-order chi connectivity index (χ0) is 18.5. The maximum Gasteiger partial charge on any atom is 0.192 e. The number of nitrogens with zero attached hydrogens (tertiary/aromatic N) is 4. The van der Waals surface area contributed by atoms with Crippen LogP contribution in [-0.4, -0.2) is 27.3 Å². The number of furan rings is 1. The molecule has 0 radical (unpaired) electrons. The van der Waals surface area contributed by atoms with Gasteiger partial charge in [0.25, 0.3) is 0 Å². The summed E-state index contributed by atoms with van der Waals surface area (Å²) < 4.78 is 7.86. The lowest BCUT2D eigenvalue weighted by atomic mass is 10.2. The van der Waals surface area contributed by atoms with Crippen LogP contribution < -0.4 is 10.6 Å². The molecule has 0 aliphatic heterocycles. The number of rotatable bonds is 6. The molecule has 2 heterocycles. The van der Waals surface area contributed by atoms with Gasteiger partial charge in [-0.3, -0.25) is 0 Å². The molecule has 0 saturated heterocycles. The SMILES string of the molecule is C=CCNC(=NCc1nnc(C)n1C)NC(C)c1cc2ccccc2o1. The highest BCUT2D eigenvalue weighted by atomic mass is 16.3. The van der Waals surface area contributed by atoms with Gasteiger partial charge in [-0.05, 0) is 26.0 Å². The van der Waals surface area contributed by atoms with Gasteiger partial charge in [0.05, 0.1) is 6.04 Å². The van der Waals surface area contributed by atoms with Crippen molar-refractivity contribution < 1.29 is 4.42 Å². The number of hydrogen-bond donors (Lipinski definition) is 2. The van der Waals surface area contributed by atoms with Gasteiger partial charge in [0, 0.05) is 19.0 Å². The molecule has 0 saturated carbocycles. The van der Waals surface area contributed by atoms with Gasteiger partial charge in [0.1, 0.15) is 23.7 Å². The number of fused-ring (bicyclic) bond motifs is 1. The van der Waals surface area contributed by atoms with E-state index in [2.05, 4.69) is 32.4 Å². The van der Waals surface area contributed by atoms with E-state index in [4.69, 9.17) is 4.42 Å². The molecule has 0 amide bonds. The molecule has 1 aromatic carbocycles. The van der Waals surface area contributed by atoms with Crippen LogP contribution in [-0.2, 0) is 13.6 Å². The molecule has 0 fully saturated rings. The molecule has 7 nitrogen and oxygen atoms in total. The maximum absolute atomic E-state index is 5.93.